The molecule has 0 bridgehead atoms. The molecule has 2 saturated heterocycles. The Balaban J connectivity index is 1.80. The van der Waals surface area contributed by atoms with Crippen molar-refractivity contribution in [3.8, 4) is 0 Å². The second-order valence-electron chi connectivity index (χ2n) is 5.40. The minimum atomic E-state index is -4.58. The van der Waals surface area contributed by atoms with Crippen LogP contribution in [-0.4, -0.2) is 61.5 Å². The molecule has 126 valence electrons. The fourth-order valence-electron chi connectivity index (χ4n) is 2.62. The Kier molecular flexibility index (Phi) is 5.49. The Morgan fingerprint density at radius 2 is 2.05 bits per heavy atom. The molecule has 0 aromatic heterocycles. The van der Waals surface area contributed by atoms with E-state index in [4.69, 9.17) is 4.74 Å². The number of carbonyl (C=O) groups is 2. The zero-order chi connectivity index (χ0) is 16.2. The lowest BCUT2D eigenvalue weighted by Gasteiger charge is -2.24. The smallest absolute Gasteiger partial charge is 0.422 e. The Bertz CT molecular complexity index is 411. The second-order valence-corrected chi connectivity index (χ2v) is 5.40. The van der Waals surface area contributed by atoms with E-state index in [1.54, 1.807) is 0 Å². The molecule has 2 atom stereocenters. The van der Waals surface area contributed by atoms with E-state index in [-0.39, 0.29) is 18.6 Å². The summed E-state index contributed by atoms with van der Waals surface area (Å²) in [5, 5.41) is 2.69. The van der Waals surface area contributed by atoms with Crippen molar-refractivity contribution in [2.75, 3.05) is 26.3 Å². The average molecular weight is 324 g/mol. The minimum Gasteiger partial charge on any atom is -0.440 e. The lowest BCUT2D eigenvalue weighted by atomic mass is 10.2. The monoisotopic (exact) mass is 324 g/mol. The maximum Gasteiger partial charge on any atom is 0.422 e. The fourth-order valence-corrected chi connectivity index (χ4v) is 2.62. The standard InChI is InChI=1S/C13H19F3N2O4/c14-13(15,16)8-22-12(20)18-5-1-4-10(18)11(19)17-7-9-3-2-6-21-9/h9-10H,1-8H2,(H,17,19)/t9-,10-/m1/s1. The first-order valence-corrected chi connectivity index (χ1v) is 7.26. The van der Waals surface area contributed by atoms with Crippen LogP contribution in [0.2, 0.25) is 0 Å². The van der Waals surface area contributed by atoms with Gasteiger partial charge in [0.1, 0.15) is 6.04 Å². The van der Waals surface area contributed by atoms with Gasteiger partial charge in [-0.05, 0) is 25.7 Å². The molecule has 9 heteroatoms. The van der Waals surface area contributed by atoms with Crippen LogP contribution in [0.4, 0.5) is 18.0 Å². The van der Waals surface area contributed by atoms with E-state index in [0.29, 0.717) is 26.0 Å². The number of halogens is 3. The number of nitrogens with one attached hydrogen (secondary N) is 1. The predicted molar refractivity (Wildman–Crippen MR) is 69.1 cm³/mol. The average Bonchev–Trinajstić information content (AvgIpc) is 3.12. The van der Waals surface area contributed by atoms with Crippen molar-refractivity contribution in [3.63, 3.8) is 0 Å². The van der Waals surface area contributed by atoms with Crippen molar-refractivity contribution in [1.29, 1.82) is 0 Å². The number of nitrogens with zero attached hydrogens (tertiary/aromatic N) is 1. The maximum atomic E-state index is 12.1. The minimum absolute atomic E-state index is 0.0315. The molecule has 2 aliphatic heterocycles. The van der Waals surface area contributed by atoms with Crippen LogP contribution in [0.1, 0.15) is 25.7 Å². The van der Waals surface area contributed by atoms with Gasteiger partial charge in [-0.15, -0.1) is 0 Å². The normalized spacial score (nSPS) is 25.3. The molecule has 0 saturated carbocycles. The van der Waals surface area contributed by atoms with Gasteiger partial charge >= 0.3 is 12.3 Å². The Hall–Kier alpha value is -1.51. The van der Waals surface area contributed by atoms with Crippen molar-refractivity contribution in [3.05, 3.63) is 0 Å². The molecule has 0 radical (unpaired) electrons. The Labute approximate surface area is 125 Å². The zero-order valence-corrected chi connectivity index (χ0v) is 12.0. The van der Waals surface area contributed by atoms with E-state index >= 15 is 0 Å². The molecule has 2 aliphatic rings. The van der Waals surface area contributed by atoms with Crippen molar-refractivity contribution in [1.82, 2.24) is 10.2 Å². The van der Waals surface area contributed by atoms with Gasteiger partial charge < -0.3 is 14.8 Å². The molecular formula is C13H19F3N2O4. The Morgan fingerprint density at radius 3 is 2.68 bits per heavy atom. The van der Waals surface area contributed by atoms with Gasteiger partial charge in [-0.1, -0.05) is 0 Å². The number of hydrogen-bond acceptors (Lipinski definition) is 4. The largest absolute Gasteiger partial charge is 0.440 e. The summed E-state index contributed by atoms with van der Waals surface area (Å²) < 4.78 is 45.8. The molecule has 1 N–H and O–H groups in total. The van der Waals surface area contributed by atoms with E-state index in [1.807, 2.05) is 0 Å². The number of ether oxygens (including phenoxy) is 2. The second kappa shape index (κ2) is 7.17. The molecule has 0 aromatic rings. The number of rotatable bonds is 4. The third-order valence-electron chi connectivity index (χ3n) is 3.68. The molecule has 2 heterocycles. The van der Waals surface area contributed by atoms with E-state index in [1.165, 1.54) is 0 Å². The summed E-state index contributed by atoms with van der Waals surface area (Å²) in [6, 6.07) is -0.776. The molecule has 2 rings (SSSR count). The van der Waals surface area contributed by atoms with E-state index in [0.717, 1.165) is 17.7 Å². The first-order chi connectivity index (χ1) is 10.4. The molecule has 0 aromatic carbocycles. The van der Waals surface area contributed by atoms with E-state index in [2.05, 4.69) is 10.1 Å². The number of amides is 2. The van der Waals surface area contributed by atoms with Gasteiger partial charge in [-0.2, -0.15) is 13.2 Å². The molecule has 0 aliphatic carbocycles. The van der Waals surface area contributed by atoms with Crippen LogP contribution in [0.15, 0.2) is 0 Å². The molecule has 0 spiro atoms. The zero-order valence-electron chi connectivity index (χ0n) is 12.0. The van der Waals surface area contributed by atoms with Crippen LogP contribution in [-0.2, 0) is 14.3 Å². The third kappa shape index (κ3) is 4.75. The van der Waals surface area contributed by atoms with E-state index in [9.17, 15) is 22.8 Å². The molecule has 6 nitrogen and oxygen atoms in total. The van der Waals surface area contributed by atoms with Crippen molar-refractivity contribution in [2.24, 2.45) is 0 Å². The number of alkyl halides is 3. The summed E-state index contributed by atoms with van der Waals surface area (Å²) in [5.41, 5.74) is 0. The summed E-state index contributed by atoms with van der Waals surface area (Å²) in [5.74, 6) is -0.378. The molecular weight excluding hydrogens is 305 g/mol. The highest BCUT2D eigenvalue weighted by Crippen LogP contribution is 2.21. The number of carbonyl (C=O) groups excluding carboxylic acids is 2. The van der Waals surface area contributed by atoms with E-state index < -0.39 is 24.9 Å². The van der Waals surface area contributed by atoms with Crippen molar-refractivity contribution < 1.29 is 32.2 Å². The van der Waals surface area contributed by atoms with Gasteiger partial charge in [0.25, 0.3) is 0 Å². The van der Waals surface area contributed by atoms with Crippen LogP contribution in [0.25, 0.3) is 0 Å². The van der Waals surface area contributed by atoms with Gasteiger partial charge in [0.15, 0.2) is 6.61 Å². The quantitative estimate of drug-likeness (QED) is 0.850. The Morgan fingerprint density at radius 1 is 1.27 bits per heavy atom. The van der Waals surface area contributed by atoms with Crippen molar-refractivity contribution in [2.45, 2.75) is 44.0 Å². The highest BCUT2D eigenvalue weighted by Gasteiger charge is 2.37. The van der Waals surface area contributed by atoms with Crippen LogP contribution < -0.4 is 5.32 Å². The lowest BCUT2D eigenvalue weighted by molar-refractivity contribution is -0.162. The summed E-state index contributed by atoms with van der Waals surface area (Å²) in [4.78, 5) is 24.8. The maximum absolute atomic E-state index is 12.1. The lowest BCUT2D eigenvalue weighted by Crippen LogP contribution is -2.48. The first kappa shape index (κ1) is 16.9. The molecule has 22 heavy (non-hydrogen) atoms. The number of hydrogen-bond donors (Lipinski definition) is 1. The summed E-state index contributed by atoms with van der Waals surface area (Å²) in [6.45, 7) is -0.415. The molecule has 0 unspecified atom stereocenters. The van der Waals surface area contributed by atoms with Crippen LogP contribution in [0, 0.1) is 0 Å². The molecule has 2 fully saturated rings. The SMILES string of the molecule is O=C(NC[C@H]1CCCO1)[C@H]1CCCN1C(=O)OCC(F)(F)F. The molecule has 2 amide bonds. The van der Waals surface area contributed by atoms with Gasteiger partial charge in [0, 0.05) is 19.7 Å². The van der Waals surface area contributed by atoms with Crippen LogP contribution in [0.5, 0.6) is 0 Å². The first-order valence-electron chi connectivity index (χ1n) is 7.26. The van der Waals surface area contributed by atoms with Gasteiger partial charge in [0.2, 0.25) is 5.91 Å². The fraction of sp³-hybridized carbons (Fsp3) is 0.846. The summed E-state index contributed by atoms with van der Waals surface area (Å²) in [6.07, 6.45) is -2.93. The third-order valence-corrected chi connectivity index (χ3v) is 3.68. The van der Waals surface area contributed by atoms with Crippen LogP contribution >= 0.6 is 0 Å². The highest BCUT2D eigenvalue weighted by molar-refractivity contribution is 5.86. The van der Waals surface area contributed by atoms with Gasteiger partial charge in [-0.25, -0.2) is 4.79 Å². The highest BCUT2D eigenvalue weighted by atomic mass is 19.4. The summed E-state index contributed by atoms with van der Waals surface area (Å²) in [7, 11) is 0. The van der Waals surface area contributed by atoms with Gasteiger partial charge in [-0.3, -0.25) is 9.69 Å². The van der Waals surface area contributed by atoms with Crippen molar-refractivity contribution >= 4 is 12.0 Å². The van der Waals surface area contributed by atoms with Gasteiger partial charge in [0.05, 0.1) is 6.10 Å². The number of likely N-dealkylation sites (tertiary alicyclic amines) is 1. The predicted octanol–water partition coefficient (Wildman–Crippen LogP) is 1.44. The summed E-state index contributed by atoms with van der Waals surface area (Å²) >= 11 is 0. The van der Waals surface area contributed by atoms with Crippen LogP contribution in [0.3, 0.4) is 0 Å². The topological polar surface area (TPSA) is 67.9 Å².